The second-order valence-corrected chi connectivity index (χ2v) is 4.48. The van der Waals surface area contributed by atoms with E-state index < -0.39 is 5.97 Å². The van der Waals surface area contributed by atoms with Crippen LogP contribution < -0.4 is 4.90 Å². The molecule has 0 spiro atoms. The SMILES string of the molecule is CCCCCN(CCC(=O)O)c1ncccc1C. The lowest BCUT2D eigenvalue weighted by atomic mass is 10.2. The van der Waals surface area contributed by atoms with Crippen LogP contribution in [0.1, 0.15) is 38.2 Å². The lowest BCUT2D eigenvalue weighted by Gasteiger charge is -2.24. The molecule has 0 aromatic carbocycles. The van der Waals surface area contributed by atoms with Crippen molar-refractivity contribution in [3.8, 4) is 0 Å². The summed E-state index contributed by atoms with van der Waals surface area (Å²) in [7, 11) is 0. The highest BCUT2D eigenvalue weighted by Crippen LogP contribution is 2.17. The van der Waals surface area contributed by atoms with E-state index >= 15 is 0 Å². The zero-order valence-corrected chi connectivity index (χ0v) is 11.2. The zero-order valence-electron chi connectivity index (χ0n) is 11.2. The summed E-state index contributed by atoms with van der Waals surface area (Å²) in [5.41, 5.74) is 1.10. The van der Waals surface area contributed by atoms with E-state index in [4.69, 9.17) is 5.11 Å². The highest BCUT2D eigenvalue weighted by atomic mass is 16.4. The lowest BCUT2D eigenvalue weighted by molar-refractivity contribution is -0.136. The number of aryl methyl sites for hydroxylation is 1. The van der Waals surface area contributed by atoms with Crippen molar-refractivity contribution in [2.45, 2.75) is 39.5 Å². The van der Waals surface area contributed by atoms with Gasteiger partial charge in [0, 0.05) is 19.3 Å². The minimum atomic E-state index is -0.760. The normalized spacial score (nSPS) is 10.3. The van der Waals surface area contributed by atoms with E-state index in [2.05, 4.69) is 16.8 Å². The first kappa shape index (κ1) is 14.5. The van der Waals surface area contributed by atoms with Crippen molar-refractivity contribution >= 4 is 11.8 Å². The largest absolute Gasteiger partial charge is 0.481 e. The summed E-state index contributed by atoms with van der Waals surface area (Å²) in [5, 5.41) is 8.80. The van der Waals surface area contributed by atoms with E-state index in [1.165, 1.54) is 0 Å². The molecule has 0 aliphatic rings. The van der Waals surface area contributed by atoms with Gasteiger partial charge in [0.25, 0.3) is 0 Å². The number of carboxylic acid groups (broad SMARTS) is 1. The second kappa shape index (κ2) is 7.69. The minimum absolute atomic E-state index is 0.155. The number of pyridine rings is 1. The van der Waals surface area contributed by atoms with E-state index in [0.29, 0.717) is 6.54 Å². The van der Waals surface area contributed by atoms with Crippen molar-refractivity contribution in [1.29, 1.82) is 0 Å². The van der Waals surface area contributed by atoms with Gasteiger partial charge in [0.1, 0.15) is 5.82 Å². The number of carboxylic acids is 1. The Bertz CT molecular complexity index is 380. The molecule has 0 bridgehead atoms. The summed E-state index contributed by atoms with van der Waals surface area (Å²) < 4.78 is 0. The van der Waals surface area contributed by atoms with Gasteiger partial charge < -0.3 is 10.0 Å². The summed E-state index contributed by atoms with van der Waals surface area (Å²) >= 11 is 0. The summed E-state index contributed by atoms with van der Waals surface area (Å²) in [4.78, 5) is 17.2. The Balaban J connectivity index is 2.69. The van der Waals surface area contributed by atoms with Gasteiger partial charge in [-0.15, -0.1) is 0 Å². The van der Waals surface area contributed by atoms with E-state index in [0.717, 1.165) is 37.2 Å². The quantitative estimate of drug-likeness (QED) is 0.721. The van der Waals surface area contributed by atoms with E-state index in [1.807, 2.05) is 19.1 Å². The predicted octanol–water partition coefficient (Wildman–Crippen LogP) is 2.86. The van der Waals surface area contributed by atoms with Gasteiger partial charge >= 0.3 is 5.97 Å². The van der Waals surface area contributed by atoms with Gasteiger partial charge in [0.05, 0.1) is 6.42 Å². The maximum Gasteiger partial charge on any atom is 0.305 e. The first-order chi connectivity index (χ1) is 8.65. The highest BCUT2D eigenvalue weighted by molar-refractivity contribution is 5.67. The minimum Gasteiger partial charge on any atom is -0.481 e. The van der Waals surface area contributed by atoms with Crippen molar-refractivity contribution < 1.29 is 9.90 Å². The fraction of sp³-hybridized carbons (Fsp3) is 0.571. The molecule has 1 N–H and O–H groups in total. The second-order valence-electron chi connectivity index (χ2n) is 4.48. The average molecular weight is 250 g/mol. The standard InChI is InChI=1S/C14H22N2O2/c1-3-4-5-10-16(11-8-13(17)18)14-12(2)7-6-9-15-14/h6-7,9H,3-5,8,10-11H2,1-2H3,(H,17,18). The number of nitrogens with zero attached hydrogens (tertiary/aromatic N) is 2. The van der Waals surface area contributed by atoms with Crippen LogP contribution in [0.3, 0.4) is 0 Å². The summed E-state index contributed by atoms with van der Waals surface area (Å²) in [6, 6.07) is 3.91. The number of hydrogen-bond acceptors (Lipinski definition) is 3. The molecule has 100 valence electrons. The molecular formula is C14H22N2O2. The van der Waals surface area contributed by atoms with Gasteiger partial charge in [-0.1, -0.05) is 25.8 Å². The fourth-order valence-corrected chi connectivity index (χ4v) is 1.92. The van der Waals surface area contributed by atoms with Crippen molar-refractivity contribution in [1.82, 2.24) is 4.98 Å². The molecule has 1 aromatic heterocycles. The summed E-state index contributed by atoms with van der Waals surface area (Å²) in [6.45, 7) is 5.57. The van der Waals surface area contributed by atoms with Gasteiger partial charge in [-0.3, -0.25) is 4.79 Å². The average Bonchev–Trinajstić information content (AvgIpc) is 2.34. The monoisotopic (exact) mass is 250 g/mol. The van der Waals surface area contributed by atoms with Gasteiger partial charge in [-0.25, -0.2) is 4.98 Å². The van der Waals surface area contributed by atoms with Crippen molar-refractivity contribution in [2.24, 2.45) is 0 Å². The fourth-order valence-electron chi connectivity index (χ4n) is 1.92. The number of unbranched alkanes of at least 4 members (excludes halogenated alkanes) is 2. The third-order valence-electron chi connectivity index (χ3n) is 2.91. The van der Waals surface area contributed by atoms with Crippen LogP contribution in [0.25, 0.3) is 0 Å². The van der Waals surface area contributed by atoms with Crippen LogP contribution in [0.4, 0.5) is 5.82 Å². The van der Waals surface area contributed by atoms with Crippen molar-refractivity contribution in [2.75, 3.05) is 18.0 Å². The van der Waals surface area contributed by atoms with Crippen molar-refractivity contribution in [3.63, 3.8) is 0 Å². The number of carbonyl (C=O) groups is 1. The van der Waals surface area contributed by atoms with Crippen LogP contribution in [-0.4, -0.2) is 29.1 Å². The summed E-state index contributed by atoms with van der Waals surface area (Å²) in [6.07, 6.45) is 5.31. The number of hydrogen-bond donors (Lipinski definition) is 1. The van der Waals surface area contributed by atoms with Crippen LogP contribution in [-0.2, 0) is 4.79 Å². The first-order valence-electron chi connectivity index (χ1n) is 6.53. The molecule has 0 unspecified atom stereocenters. The van der Waals surface area contributed by atoms with Crippen LogP contribution in [0, 0.1) is 6.92 Å². The van der Waals surface area contributed by atoms with Gasteiger partial charge in [0.2, 0.25) is 0 Å². The van der Waals surface area contributed by atoms with Gasteiger partial charge in [0.15, 0.2) is 0 Å². The Morgan fingerprint density at radius 3 is 2.78 bits per heavy atom. The number of rotatable bonds is 8. The molecule has 1 aromatic rings. The molecule has 0 fully saturated rings. The molecule has 0 saturated carbocycles. The zero-order chi connectivity index (χ0) is 13.4. The summed E-state index contributed by atoms with van der Waals surface area (Å²) in [5.74, 6) is 0.152. The topological polar surface area (TPSA) is 53.4 Å². The Morgan fingerprint density at radius 2 is 2.17 bits per heavy atom. The Labute approximate surface area is 109 Å². The van der Waals surface area contributed by atoms with E-state index in [9.17, 15) is 4.79 Å². The Kier molecular flexibility index (Phi) is 6.19. The lowest BCUT2D eigenvalue weighted by Crippen LogP contribution is -2.28. The number of aromatic nitrogens is 1. The van der Waals surface area contributed by atoms with E-state index in [-0.39, 0.29) is 6.42 Å². The molecule has 1 heterocycles. The molecule has 0 amide bonds. The van der Waals surface area contributed by atoms with Gasteiger partial charge in [-0.2, -0.15) is 0 Å². The van der Waals surface area contributed by atoms with Crippen LogP contribution in [0.2, 0.25) is 0 Å². The number of aliphatic carboxylic acids is 1. The molecule has 18 heavy (non-hydrogen) atoms. The molecule has 1 rings (SSSR count). The smallest absolute Gasteiger partial charge is 0.305 e. The molecule has 0 radical (unpaired) electrons. The van der Waals surface area contributed by atoms with Crippen LogP contribution in [0.5, 0.6) is 0 Å². The molecule has 0 saturated heterocycles. The number of anilines is 1. The molecule has 0 atom stereocenters. The third-order valence-corrected chi connectivity index (χ3v) is 2.91. The predicted molar refractivity (Wildman–Crippen MR) is 73.0 cm³/mol. The van der Waals surface area contributed by atoms with Crippen LogP contribution in [0.15, 0.2) is 18.3 Å². The maximum atomic E-state index is 10.7. The highest BCUT2D eigenvalue weighted by Gasteiger charge is 2.11. The molecule has 4 heteroatoms. The van der Waals surface area contributed by atoms with Crippen LogP contribution >= 0.6 is 0 Å². The van der Waals surface area contributed by atoms with Crippen molar-refractivity contribution in [3.05, 3.63) is 23.9 Å². The molecular weight excluding hydrogens is 228 g/mol. The molecule has 0 aliphatic heterocycles. The molecule has 0 aliphatic carbocycles. The Morgan fingerprint density at radius 1 is 1.39 bits per heavy atom. The molecule has 4 nitrogen and oxygen atoms in total. The van der Waals surface area contributed by atoms with E-state index in [1.54, 1.807) is 6.20 Å². The maximum absolute atomic E-state index is 10.7. The first-order valence-corrected chi connectivity index (χ1v) is 6.53. The third kappa shape index (κ3) is 4.73. The van der Waals surface area contributed by atoms with Gasteiger partial charge in [-0.05, 0) is 25.0 Å². The Hall–Kier alpha value is -1.58.